The van der Waals surface area contributed by atoms with Crippen LogP contribution in [0.4, 0.5) is 0 Å². The first-order chi connectivity index (χ1) is 9.56. The Hall–Kier alpha value is -1.59. The number of Topliss-reactive ketones (excluding diaryl/α,β-unsaturated/α-hetero) is 1. The average Bonchev–Trinajstić information content (AvgIpc) is 2.39. The molecule has 0 amide bonds. The number of carbonyl (C=O) groups is 1. The fourth-order valence-corrected chi connectivity index (χ4v) is 3.20. The SMILES string of the molecule is O=C1C(C2C=CC(O)CC2)COC2C=C(O)C=C(O)C12. The summed E-state index contributed by atoms with van der Waals surface area (Å²) in [6.45, 7) is 0.280. The van der Waals surface area contributed by atoms with Gasteiger partial charge in [-0.1, -0.05) is 12.2 Å². The lowest BCUT2D eigenvalue weighted by molar-refractivity contribution is -0.144. The molecule has 20 heavy (non-hydrogen) atoms. The first-order valence-corrected chi connectivity index (χ1v) is 6.89. The van der Waals surface area contributed by atoms with Gasteiger partial charge in [0.25, 0.3) is 0 Å². The molecule has 5 heteroatoms. The van der Waals surface area contributed by atoms with E-state index in [1.54, 1.807) is 6.08 Å². The summed E-state index contributed by atoms with van der Waals surface area (Å²) in [5.74, 6) is -1.24. The van der Waals surface area contributed by atoms with Crippen molar-refractivity contribution in [2.45, 2.75) is 25.0 Å². The zero-order valence-corrected chi connectivity index (χ0v) is 11.0. The second kappa shape index (κ2) is 5.07. The van der Waals surface area contributed by atoms with Crippen LogP contribution in [0.15, 0.2) is 35.8 Å². The fraction of sp³-hybridized carbons (Fsp3) is 0.533. The van der Waals surface area contributed by atoms with Gasteiger partial charge >= 0.3 is 0 Å². The maximum atomic E-state index is 12.6. The molecule has 0 bridgehead atoms. The van der Waals surface area contributed by atoms with E-state index in [1.807, 2.05) is 6.08 Å². The van der Waals surface area contributed by atoms with Crippen LogP contribution in [0.1, 0.15) is 12.8 Å². The van der Waals surface area contributed by atoms with Crippen molar-refractivity contribution in [3.8, 4) is 0 Å². The van der Waals surface area contributed by atoms with Crippen molar-refractivity contribution in [2.75, 3.05) is 6.61 Å². The third kappa shape index (κ3) is 2.27. The molecule has 2 aliphatic carbocycles. The van der Waals surface area contributed by atoms with Gasteiger partial charge in [-0.3, -0.25) is 4.79 Å². The van der Waals surface area contributed by atoms with Crippen molar-refractivity contribution >= 4 is 5.78 Å². The predicted octanol–water partition coefficient (Wildman–Crippen LogP) is 1.41. The van der Waals surface area contributed by atoms with Crippen LogP contribution in [-0.4, -0.2) is 39.9 Å². The summed E-state index contributed by atoms with van der Waals surface area (Å²) in [5.41, 5.74) is 0. The van der Waals surface area contributed by atoms with Crippen LogP contribution < -0.4 is 0 Å². The zero-order valence-electron chi connectivity index (χ0n) is 11.0. The second-order valence-corrected chi connectivity index (χ2v) is 5.64. The summed E-state index contributed by atoms with van der Waals surface area (Å²) in [5, 5.41) is 28.8. The fourth-order valence-electron chi connectivity index (χ4n) is 3.20. The van der Waals surface area contributed by atoms with Gasteiger partial charge in [0.1, 0.15) is 17.4 Å². The molecule has 3 rings (SSSR count). The minimum absolute atomic E-state index is 0.0409. The van der Waals surface area contributed by atoms with Crippen molar-refractivity contribution in [1.29, 1.82) is 0 Å². The quantitative estimate of drug-likeness (QED) is 0.631. The summed E-state index contributed by atoms with van der Waals surface area (Å²) in [4.78, 5) is 12.6. The molecule has 1 aliphatic heterocycles. The molecule has 0 aromatic rings. The number of aliphatic hydroxyl groups excluding tert-OH is 3. The monoisotopic (exact) mass is 278 g/mol. The third-order valence-electron chi connectivity index (χ3n) is 4.31. The van der Waals surface area contributed by atoms with Gasteiger partial charge < -0.3 is 20.1 Å². The lowest BCUT2D eigenvalue weighted by atomic mass is 9.74. The van der Waals surface area contributed by atoms with Crippen LogP contribution in [0, 0.1) is 17.8 Å². The number of ketones is 1. The number of hydrogen-bond acceptors (Lipinski definition) is 5. The molecule has 0 aromatic heterocycles. The molecule has 0 saturated carbocycles. The molecule has 3 N–H and O–H groups in total. The van der Waals surface area contributed by atoms with E-state index >= 15 is 0 Å². The summed E-state index contributed by atoms with van der Waals surface area (Å²) in [6, 6.07) is 0. The molecule has 0 aromatic carbocycles. The molecular weight excluding hydrogens is 260 g/mol. The summed E-state index contributed by atoms with van der Waals surface area (Å²) >= 11 is 0. The molecule has 5 atom stereocenters. The van der Waals surface area contributed by atoms with Crippen LogP contribution >= 0.6 is 0 Å². The molecule has 3 aliphatic rings. The predicted molar refractivity (Wildman–Crippen MR) is 71.0 cm³/mol. The van der Waals surface area contributed by atoms with E-state index in [4.69, 9.17) is 4.74 Å². The Bertz CT molecular complexity index is 504. The smallest absolute Gasteiger partial charge is 0.152 e. The van der Waals surface area contributed by atoms with Crippen LogP contribution in [0.25, 0.3) is 0 Å². The molecule has 5 unspecified atom stereocenters. The average molecular weight is 278 g/mol. The molecule has 1 fully saturated rings. The van der Waals surface area contributed by atoms with Crippen LogP contribution in [0.5, 0.6) is 0 Å². The zero-order chi connectivity index (χ0) is 14.3. The van der Waals surface area contributed by atoms with Crippen molar-refractivity contribution < 1.29 is 24.9 Å². The van der Waals surface area contributed by atoms with Gasteiger partial charge in [-0.15, -0.1) is 0 Å². The van der Waals surface area contributed by atoms with E-state index in [1.165, 1.54) is 12.2 Å². The molecule has 0 spiro atoms. The molecule has 1 heterocycles. The molecule has 1 saturated heterocycles. The summed E-state index contributed by atoms with van der Waals surface area (Å²) < 4.78 is 5.63. The lowest BCUT2D eigenvalue weighted by Gasteiger charge is -2.38. The standard InChI is InChI=1S/C15H18O5/c16-9-3-1-8(2-4-9)11-7-20-13-6-10(17)5-12(18)14(13)15(11)19/h1,3,5-6,8-9,11,13-14,16-18H,2,4,7H2. The first-order valence-electron chi connectivity index (χ1n) is 6.89. The van der Waals surface area contributed by atoms with Crippen molar-refractivity contribution in [1.82, 2.24) is 0 Å². The lowest BCUT2D eigenvalue weighted by Crippen LogP contribution is -2.46. The Kier molecular flexibility index (Phi) is 3.40. The van der Waals surface area contributed by atoms with Crippen molar-refractivity contribution in [3.63, 3.8) is 0 Å². The summed E-state index contributed by atoms with van der Waals surface area (Å²) in [6.07, 6.45) is 6.61. The van der Waals surface area contributed by atoms with Gasteiger partial charge in [0.05, 0.1) is 18.8 Å². The van der Waals surface area contributed by atoms with Crippen LogP contribution in [0.3, 0.4) is 0 Å². The van der Waals surface area contributed by atoms with E-state index in [0.29, 0.717) is 6.42 Å². The Morgan fingerprint density at radius 1 is 1.20 bits per heavy atom. The van der Waals surface area contributed by atoms with E-state index < -0.39 is 18.1 Å². The first kappa shape index (κ1) is 13.4. The minimum atomic E-state index is -0.718. The molecule has 0 radical (unpaired) electrons. The number of hydrogen-bond donors (Lipinski definition) is 3. The van der Waals surface area contributed by atoms with Gasteiger partial charge in [-0.2, -0.15) is 0 Å². The highest BCUT2D eigenvalue weighted by Gasteiger charge is 2.44. The van der Waals surface area contributed by atoms with Crippen LogP contribution in [-0.2, 0) is 9.53 Å². The highest BCUT2D eigenvalue weighted by Crippen LogP contribution is 2.37. The Morgan fingerprint density at radius 2 is 2.00 bits per heavy atom. The summed E-state index contributed by atoms with van der Waals surface area (Å²) in [7, 11) is 0. The van der Waals surface area contributed by atoms with Gasteiger partial charge in [0.15, 0.2) is 5.78 Å². The van der Waals surface area contributed by atoms with Crippen molar-refractivity contribution in [3.05, 3.63) is 35.8 Å². The number of fused-ring (bicyclic) bond motifs is 1. The van der Waals surface area contributed by atoms with E-state index in [9.17, 15) is 20.1 Å². The number of rotatable bonds is 1. The van der Waals surface area contributed by atoms with Gasteiger partial charge in [-0.05, 0) is 24.8 Å². The van der Waals surface area contributed by atoms with E-state index in [2.05, 4.69) is 0 Å². The van der Waals surface area contributed by atoms with E-state index in [0.717, 1.165) is 6.42 Å². The Balaban J connectivity index is 1.80. The second-order valence-electron chi connectivity index (χ2n) is 5.64. The van der Waals surface area contributed by atoms with Crippen molar-refractivity contribution in [2.24, 2.45) is 17.8 Å². The largest absolute Gasteiger partial charge is 0.511 e. The maximum Gasteiger partial charge on any atom is 0.152 e. The topological polar surface area (TPSA) is 87.0 Å². The molecule has 5 nitrogen and oxygen atoms in total. The minimum Gasteiger partial charge on any atom is -0.511 e. The number of aliphatic hydroxyl groups is 3. The molecular formula is C15H18O5. The number of ether oxygens (including phenoxy) is 1. The highest BCUT2D eigenvalue weighted by molar-refractivity contribution is 5.88. The normalized spacial score (nSPS) is 40.9. The van der Waals surface area contributed by atoms with Gasteiger partial charge in [0.2, 0.25) is 0 Å². The maximum absolute atomic E-state index is 12.6. The molecule has 108 valence electrons. The number of carbonyl (C=O) groups excluding carboxylic acids is 1. The van der Waals surface area contributed by atoms with Gasteiger partial charge in [0, 0.05) is 12.0 Å². The van der Waals surface area contributed by atoms with Gasteiger partial charge in [-0.25, -0.2) is 0 Å². The highest BCUT2D eigenvalue weighted by atomic mass is 16.5. The third-order valence-corrected chi connectivity index (χ3v) is 4.31. The van der Waals surface area contributed by atoms with Crippen LogP contribution in [0.2, 0.25) is 0 Å². The van der Waals surface area contributed by atoms with E-state index in [-0.39, 0.29) is 35.7 Å². The number of allylic oxidation sites excluding steroid dienone is 2. The Labute approximate surface area is 116 Å². The Morgan fingerprint density at radius 3 is 2.70 bits per heavy atom.